The van der Waals surface area contributed by atoms with Crippen molar-refractivity contribution in [3.8, 4) is 0 Å². The van der Waals surface area contributed by atoms with E-state index in [-0.39, 0.29) is 18.1 Å². The van der Waals surface area contributed by atoms with E-state index in [0.717, 1.165) is 4.57 Å². The number of nitrogens with one attached hydrogen (secondary N) is 1. The maximum atomic E-state index is 12.4. The van der Waals surface area contributed by atoms with Crippen LogP contribution in [-0.4, -0.2) is 44.4 Å². The lowest BCUT2D eigenvalue weighted by atomic mass is 10.3. The number of carbonyl (C=O) groups excluding carboxylic acids is 1. The first kappa shape index (κ1) is 16.0. The average molecular weight is 309 g/mol. The van der Waals surface area contributed by atoms with Crippen molar-refractivity contribution in [1.29, 1.82) is 0 Å². The Hall–Kier alpha value is -2.42. The molecule has 22 heavy (non-hydrogen) atoms. The average Bonchev–Trinajstić information content (AvgIpc) is 2.83. The Morgan fingerprint density at radius 3 is 2.73 bits per heavy atom. The molecule has 0 fully saturated rings. The molecule has 0 aliphatic heterocycles. The first-order valence-corrected chi connectivity index (χ1v) is 6.76. The highest BCUT2D eigenvalue weighted by Gasteiger charge is 2.17. The number of aromatic nitrogens is 4. The molecule has 0 radical (unpaired) electrons. The van der Waals surface area contributed by atoms with Gasteiger partial charge < -0.3 is 14.6 Å². The molecule has 1 N–H and O–H groups in total. The third kappa shape index (κ3) is 2.80. The maximum absolute atomic E-state index is 12.4. The van der Waals surface area contributed by atoms with Gasteiger partial charge in [0.25, 0.3) is 5.56 Å². The van der Waals surface area contributed by atoms with E-state index in [1.165, 1.54) is 29.6 Å². The van der Waals surface area contributed by atoms with Crippen molar-refractivity contribution >= 4 is 17.1 Å². The second kappa shape index (κ2) is 6.14. The largest absolute Gasteiger partial charge is 0.383 e. The van der Waals surface area contributed by atoms with Gasteiger partial charge in [-0.1, -0.05) is 0 Å². The van der Waals surface area contributed by atoms with Gasteiger partial charge in [-0.05, 0) is 6.92 Å². The Morgan fingerprint density at radius 1 is 1.41 bits per heavy atom. The first-order valence-electron chi connectivity index (χ1n) is 6.76. The van der Waals surface area contributed by atoms with Gasteiger partial charge >= 0.3 is 5.69 Å². The quantitative estimate of drug-likeness (QED) is 0.731. The first-order chi connectivity index (χ1) is 10.4. The summed E-state index contributed by atoms with van der Waals surface area (Å²) in [4.78, 5) is 40.7. The summed E-state index contributed by atoms with van der Waals surface area (Å²) in [6.45, 7) is 1.77. The highest BCUT2D eigenvalue weighted by Crippen LogP contribution is 2.02. The number of methoxy groups -OCH3 is 1. The number of amides is 1. The Bertz CT molecular complexity index is 816. The summed E-state index contributed by atoms with van der Waals surface area (Å²) in [5, 5.41) is 2.67. The summed E-state index contributed by atoms with van der Waals surface area (Å²) in [5.41, 5.74) is -0.542. The lowest BCUT2D eigenvalue weighted by Crippen LogP contribution is -2.45. The van der Waals surface area contributed by atoms with Crippen LogP contribution in [0.1, 0.15) is 6.92 Å². The van der Waals surface area contributed by atoms with Gasteiger partial charge in [-0.2, -0.15) is 0 Å². The van der Waals surface area contributed by atoms with Gasteiger partial charge in [0.1, 0.15) is 6.54 Å². The van der Waals surface area contributed by atoms with Crippen LogP contribution in [0.4, 0.5) is 0 Å². The fourth-order valence-corrected chi connectivity index (χ4v) is 2.29. The molecule has 0 spiro atoms. The number of rotatable bonds is 5. The molecule has 9 heteroatoms. The highest BCUT2D eigenvalue weighted by molar-refractivity contribution is 5.76. The highest BCUT2D eigenvalue weighted by atomic mass is 16.5. The molecule has 0 aromatic carbocycles. The predicted molar refractivity (Wildman–Crippen MR) is 79.7 cm³/mol. The van der Waals surface area contributed by atoms with Crippen LogP contribution < -0.4 is 16.6 Å². The molecule has 9 nitrogen and oxygen atoms in total. The topological polar surface area (TPSA) is 100 Å². The zero-order chi connectivity index (χ0) is 16.4. The van der Waals surface area contributed by atoms with Crippen molar-refractivity contribution in [2.24, 2.45) is 14.1 Å². The van der Waals surface area contributed by atoms with E-state index < -0.39 is 17.2 Å². The van der Waals surface area contributed by atoms with E-state index in [9.17, 15) is 14.4 Å². The number of hydrogen-bond donors (Lipinski definition) is 1. The second-order valence-corrected chi connectivity index (χ2v) is 5.18. The van der Waals surface area contributed by atoms with Gasteiger partial charge in [0.05, 0.1) is 12.9 Å². The van der Waals surface area contributed by atoms with Gasteiger partial charge in [0, 0.05) is 27.2 Å². The van der Waals surface area contributed by atoms with Crippen LogP contribution in [0.15, 0.2) is 15.9 Å². The van der Waals surface area contributed by atoms with Crippen molar-refractivity contribution in [2.45, 2.75) is 19.5 Å². The Balaban J connectivity index is 2.40. The van der Waals surface area contributed by atoms with Crippen LogP contribution in [0.5, 0.6) is 0 Å². The SMILES string of the molecule is COCC(C)NC(=O)Cn1c(=O)c2c(ncn2C)n(C)c1=O. The number of aryl methyl sites for hydroxylation is 2. The van der Waals surface area contributed by atoms with Gasteiger partial charge in [-0.3, -0.25) is 14.2 Å². The van der Waals surface area contributed by atoms with Gasteiger partial charge in [0.15, 0.2) is 11.2 Å². The molecular weight excluding hydrogens is 290 g/mol. The number of ether oxygens (including phenoxy) is 1. The third-order valence-corrected chi connectivity index (χ3v) is 3.33. The molecule has 1 atom stereocenters. The molecule has 1 unspecified atom stereocenters. The fraction of sp³-hybridized carbons (Fsp3) is 0.538. The molecule has 0 saturated heterocycles. The predicted octanol–water partition coefficient (Wildman–Crippen LogP) is -1.42. The lowest BCUT2D eigenvalue weighted by Gasteiger charge is -2.13. The summed E-state index contributed by atoms with van der Waals surface area (Å²) in [7, 11) is 4.70. The van der Waals surface area contributed by atoms with Gasteiger partial charge in [-0.25, -0.2) is 14.3 Å². The van der Waals surface area contributed by atoms with Gasteiger partial charge in [-0.15, -0.1) is 0 Å². The second-order valence-electron chi connectivity index (χ2n) is 5.18. The minimum absolute atomic E-state index is 0.211. The van der Waals surface area contributed by atoms with Crippen molar-refractivity contribution < 1.29 is 9.53 Å². The zero-order valence-electron chi connectivity index (χ0n) is 13.0. The molecule has 0 aliphatic rings. The normalized spacial score (nSPS) is 12.5. The number of nitrogens with zero attached hydrogens (tertiary/aromatic N) is 4. The summed E-state index contributed by atoms with van der Waals surface area (Å²) in [6, 6.07) is -0.211. The van der Waals surface area contributed by atoms with E-state index in [2.05, 4.69) is 10.3 Å². The molecule has 0 aliphatic carbocycles. The Kier molecular flexibility index (Phi) is 4.45. The van der Waals surface area contributed by atoms with Gasteiger partial charge in [0.2, 0.25) is 5.91 Å². The van der Waals surface area contributed by atoms with Crippen LogP contribution >= 0.6 is 0 Å². The minimum atomic E-state index is -0.578. The Morgan fingerprint density at radius 2 is 2.09 bits per heavy atom. The standard InChI is InChI=1S/C13H19N5O4/c1-8(6-22-4)15-9(19)5-18-12(20)10-11(14-7-16(10)2)17(3)13(18)21/h7-8H,5-6H2,1-4H3,(H,15,19). The number of carbonyl (C=O) groups is 1. The zero-order valence-corrected chi connectivity index (χ0v) is 13.0. The smallest absolute Gasteiger partial charge is 0.332 e. The number of imidazole rings is 1. The molecule has 2 rings (SSSR count). The van der Waals surface area contributed by atoms with E-state index >= 15 is 0 Å². The molecule has 2 aromatic heterocycles. The van der Waals surface area contributed by atoms with E-state index in [1.807, 2.05) is 0 Å². The molecule has 0 saturated carbocycles. The molecule has 120 valence electrons. The minimum Gasteiger partial charge on any atom is -0.383 e. The monoisotopic (exact) mass is 309 g/mol. The molecule has 1 amide bonds. The fourth-order valence-electron chi connectivity index (χ4n) is 2.29. The number of hydrogen-bond acceptors (Lipinski definition) is 5. The molecule has 2 aromatic rings. The van der Waals surface area contributed by atoms with Crippen LogP contribution in [0.25, 0.3) is 11.2 Å². The lowest BCUT2D eigenvalue weighted by molar-refractivity contribution is -0.122. The van der Waals surface area contributed by atoms with Crippen LogP contribution in [0.3, 0.4) is 0 Å². The Labute approximate surface area is 126 Å². The number of fused-ring (bicyclic) bond motifs is 1. The van der Waals surface area contributed by atoms with Crippen LogP contribution in [0.2, 0.25) is 0 Å². The summed E-state index contributed by atoms with van der Waals surface area (Å²) in [5.74, 6) is -0.426. The van der Waals surface area contributed by atoms with Crippen LogP contribution in [-0.2, 0) is 30.2 Å². The molecule has 2 heterocycles. The summed E-state index contributed by atoms with van der Waals surface area (Å²) < 4.78 is 8.60. The molecule has 0 bridgehead atoms. The van der Waals surface area contributed by atoms with Crippen molar-refractivity contribution in [2.75, 3.05) is 13.7 Å². The maximum Gasteiger partial charge on any atom is 0.332 e. The van der Waals surface area contributed by atoms with Crippen molar-refractivity contribution in [3.63, 3.8) is 0 Å². The van der Waals surface area contributed by atoms with E-state index in [4.69, 9.17) is 4.74 Å². The van der Waals surface area contributed by atoms with Crippen molar-refractivity contribution in [1.82, 2.24) is 24.0 Å². The van der Waals surface area contributed by atoms with Crippen LogP contribution in [0, 0.1) is 0 Å². The molecular formula is C13H19N5O4. The van der Waals surface area contributed by atoms with E-state index in [1.54, 1.807) is 14.0 Å². The summed E-state index contributed by atoms with van der Waals surface area (Å²) in [6.07, 6.45) is 1.45. The van der Waals surface area contributed by atoms with E-state index in [0.29, 0.717) is 12.3 Å². The summed E-state index contributed by atoms with van der Waals surface area (Å²) >= 11 is 0. The third-order valence-electron chi connectivity index (χ3n) is 3.33. The van der Waals surface area contributed by atoms with Crippen molar-refractivity contribution in [3.05, 3.63) is 27.2 Å².